The van der Waals surface area contributed by atoms with Crippen LogP contribution in [0.5, 0.6) is 0 Å². The summed E-state index contributed by atoms with van der Waals surface area (Å²) in [6.07, 6.45) is 2.57. The van der Waals surface area contributed by atoms with Gasteiger partial charge in [0.2, 0.25) is 0 Å². The van der Waals surface area contributed by atoms with E-state index < -0.39 is 5.54 Å². The van der Waals surface area contributed by atoms with Gasteiger partial charge in [0.25, 0.3) is 0 Å². The molecule has 0 radical (unpaired) electrons. The van der Waals surface area contributed by atoms with Crippen LogP contribution in [0.2, 0.25) is 0 Å². The van der Waals surface area contributed by atoms with Gasteiger partial charge >= 0.3 is 0 Å². The average Bonchev–Trinajstić information content (AvgIpc) is 2.14. The van der Waals surface area contributed by atoms with Crippen molar-refractivity contribution in [2.75, 3.05) is 19.0 Å². The molecule has 1 atom stereocenters. The van der Waals surface area contributed by atoms with Crippen molar-refractivity contribution < 1.29 is 4.74 Å². The molecule has 14 heavy (non-hydrogen) atoms. The van der Waals surface area contributed by atoms with Gasteiger partial charge < -0.3 is 10.5 Å². The summed E-state index contributed by atoms with van der Waals surface area (Å²) < 4.78 is 5.08. The Labute approximate surface area is 90.0 Å². The van der Waals surface area contributed by atoms with Crippen LogP contribution in [-0.2, 0) is 4.74 Å². The molecular formula is C10H18N2OS. The third kappa shape index (κ3) is 3.49. The zero-order valence-electron chi connectivity index (χ0n) is 8.66. The molecule has 0 bridgehead atoms. The van der Waals surface area contributed by atoms with E-state index in [2.05, 4.69) is 6.07 Å². The van der Waals surface area contributed by atoms with E-state index in [1.807, 2.05) is 18.7 Å². The summed E-state index contributed by atoms with van der Waals surface area (Å²) in [7, 11) is 0. The summed E-state index contributed by atoms with van der Waals surface area (Å²) in [5.74, 6) is 1.09. The molecule has 4 heteroatoms. The quantitative estimate of drug-likeness (QED) is 0.681. The van der Waals surface area contributed by atoms with Crippen molar-refractivity contribution >= 4 is 11.8 Å². The predicted octanol–water partition coefficient (Wildman–Crippen LogP) is 1.53. The van der Waals surface area contributed by atoms with Crippen LogP contribution >= 0.6 is 11.8 Å². The molecular weight excluding hydrogens is 196 g/mol. The van der Waals surface area contributed by atoms with E-state index in [1.165, 1.54) is 0 Å². The fourth-order valence-electron chi connectivity index (χ4n) is 1.26. The Morgan fingerprint density at radius 3 is 2.79 bits per heavy atom. The first kappa shape index (κ1) is 11.8. The molecule has 0 aromatic heterocycles. The predicted molar refractivity (Wildman–Crippen MR) is 59.1 cm³/mol. The Hall–Kier alpha value is -0.240. The largest absolute Gasteiger partial charge is 0.379 e. The lowest BCUT2D eigenvalue weighted by Gasteiger charge is -2.26. The maximum Gasteiger partial charge on any atom is 0.104 e. The van der Waals surface area contributed by atoms with E-state index in [1.54, 1.807) is 0 Å². The lowest BCUT2D eigenvalue weighted by Crippen LogP contribution is -2.37. The fraction of sp³-hybridized carbons (Fsp3) is 0.900. The molecule has 1 unspecified atom stereocenters. The molecule has 3 nitrogen and oxygen atoms in total. The highest BCUT2D eigenvalue weighted by molar-refractivity contribution is 8.00. The summed E-state index contributed by atoms with van der Waals surface area (Å²) in [6.45, 7) is 3.76. The molecule has 0 saturated carbocycles. The zero-order valence-corrected chi connectivity index (χ0v) is 9.48. The monoisotopic (exact) mass is 214 g/mol. The number of hydrogen-bond acceptors (Lipinski definition) is 4. The van der Waals surface area contributed by atoms with E-state index in [0.29, 0.717) is 5.25 Å². The number of hydrogen-bond donors (Lipinski definition) is 1. The van der Waals surface area contributed by atoms with Gasteiger partial charge in [-0.15, -0.1) is 0 Å². The van der Waals surface area contributed by atoms with Gasteiger partial charge in [-0.2, -0.15) is 17.0 Å². The Morgan fingerprint density at radius 1 is 1.64 bits per heavy atom. The van der Waals surface area contributed by atoms with Gasteiger partial charge in [0, 0.05) is 0 Å². The van der Waals surface area contributed by atoms with Crippen LogP contribution in [-0.4, -0.2) is 29.8 Å². The second-order valence-corrected chi connectivity index (χ2v) is 5.16. The maximum atomic E-state index is 8.85. The molecule has 0 aromatic rings. The molecule has 1 saturated heterocycles. The fourth-order valence-corrected chi connectivity index (χ4v) is 2.29. The highest BCUT2D eigenvalue weighted by atomic mass is 32.2. The van der Waals surface area contributed by atoms with Gasteiger partial charge in [0.15, 0.2) is 0 Å². The van der Waals surface area contributed by atoms with E-state index in [-0.39, 0.29) is 0 Å². The Balaban J connectivity index is 2.04. The number of nitrogens with two attached hydrogens (primary N) is 1. The molecule has 0 amide bonds. The van der Waals surface area contributed by atoms with Crippen molar-refractivity contribution in [2.24, 2.45) is 5.73 Å². The first-order valence-corrected chi connectivity index (χ1v) is 6.14. The third-order valence-corrected chi connectivity index (χ3v) is 3.85. The molecule has 1 rings (SSSR count). The van der Waals surface area contributed by atoms with E-state index in [4.69, 9.17) is 15.7 Å². The second-order valence-electron chi connectivity index (χ2n) is 3.76. The minimum absolute atomic E-state index is 0.601. The summed E-state index contributed by atoms with van der Waals surface area (Å²) >= 11 is 1.93. The molecule has 0 aliphatic carbocycles. The van der Waals surface area contributed by atoms with Gasteiger partial charge in [-0.3, -0.25) is 0 Å². The smallest absolute Gasteiger partial charge is 0.104 e. The third-order valence-electron chi connectivity index (χ3n) is 2.58. The standard InChI is InChI=1S/C10H18N2OS/c1-2-10(12,8-11)4-3-5-14-9-6-13-7-9/h9H,2-7,12H2,1H3. The molecule has 1 aliphatic heterocycles. The Morgan fingerprint density at radius 2 is 2.36 bits per heavy atom. The van der Waals surface area contributed by atoms with E-state index >= 15 is 0 Å². The molecule has 0 spiro atoms. The van der Waals surface area contributed by atoms with Gasteiger partial charge in [-0.1, -0.05) is 6.92 Å². The molecule has 80 valence electrons. The van der Waals surface area contributed by atoms with Gasteiger partial charge in [0.05, 0.1) is 24.5 Å². The van der Waals surface area contributed by atoms with Crippen molar-refractivity contribution in [3.63, 3.8) is 0 Å². The summed E-state index contributed by atoms with van der Waals surface area (Å²) in [5.41, 5.74) is 5.26. The van der Waals surface area contributed by atoms with Gasteiger partial charge in [-0.05, 0) is 25.0 Å². The molecule has 0 aromatic carbocycles. The summed E-state index contributed by atoms with van der Waals surface area (Å²) in [5, 5.41) is 9.54. The number of nitriles is 1. The normalized spacial score (nSPS) is 20.9. The lowest BCUT2D eigenvalue weighted by atomic mass is 9.94. The SMILES string of the molecule is CCC(N)(C#N)CCCSC1COC1. The Kier molecular flexibility index (Phi) is 4.73. The van der Waals surface area contributed by atoms with Crippen molar-refractivity contribution in [1.29, 1.82) is 5.26 Å². The first-order chi connectivity index (χ1) is 6.70. The summed E-state index contributed by atoms with van der Waals surface area (Å²) in [4.78, 5) is 0. The Bertz CT molecular complexity index is 213. The second kappa shape index (κ2) is 5.59. The number of thioether (sulfide) groups is 1. The van der Waals surface area contributed by atoms with Crippen LogP contribution in [0.3, 0.4) is 0 Å². The molecule has 2 N–H and O–H groups in total. The topological polar surface area (TPSA) is 59.0 Å². The minimum atomic E-state index is -0.601. The number of rotatable bonds is 6. The van der Waals surface area contributed by atoms with Crippen LogP contribution in [0.25, 0.3) is 0 Å². The van der Waals surface area contributed by atoms with Crippen molar-refractivity contribution in [2.45, 2.75) is 37.0 Å². The number of ether oxygens (including phenoxy) is 1. The number of nitrogens with zero attached hydrogens (tertiary/aromatic N) is 1. The van der Waals surface area contributed by atoms with Crippen LogP contribution in [0.15, 0.2) is 0 Å². The average molecular weight is 214 g/mol. The molecule has 1 fully saturated rings. The van der Waals surface area contributed by atoms with Crippen LogP contribution < -0.4 is 5.73 Å². The van der Waals surface area contributed by atoms with Crippen molar-refractivity contribution in [3.05, 3.63) is 0 Å². The van der Waals surface area contributed by atoms with E-state index in [9.17, 15) is 0 Å². The lowest BCUT2D eigenvalue weighted by molar-refractivity contribution is 0.0455. The van der Waals surface area contributed by atoms with Crippen LogP contribution in [0, 0.1) is 11.3 Å². The van der Waals surface area contributed by atoms with Gasteiger partial charge in [-0.25, -0.2) is 0 Å². The molecule has 1 aliphatic rings. The molecule has 1 heterocycles. The highest BCUT2D eigenvalue weighted by Crippen LogP contribution is 2.22. The van der Waals surface area contributed by atoms with Crippen LogP contribution in [0.4, 0.5) is 0 Å². The van der Waals surface area contributed by atoms with E-state index in [0.717, 1.165) is 38.2 Å². The van der Waals surface area contributed by atoms with Crippen molar-refractivity contribution in [3.8, 4) is 6.07 Å². The van der Waals surface area contributed by atoms with Crippen molar-refractivity contribution in [1.82, 2.24) is 0 Å². The zero-order chi connectivity index (χ0) is 10.4. The van der Waals surface area contributed by atoms with Gasteiger partial charge in [0.1, 0.15) is 5.54 Å². The summed E-state index contributed by atoms with van der Waals surface area (Å²) in [6, 6.07) is 2.19. The van der Waals surface area contributed by atoms with Crippen LogP contribution in [0.1, 0.15) is 26.2 Å². The highest BCUT2D eigenvalue weighted by Gasteiger charge is 2.22. The minimum Gasteiger partial charge on any atom is -0.379 e. The first-order valence-electron chi connectivity index (χ1n) is 5.09. The maximum absolute atomic E-state index is 8.85.